The summed E-state index contributed by atoms with van der Waals surface area (Å²) in [6, 6.07) is 5.40. The summed E-state index contributed by atoms with van der Waals surface area (Å²) in [5, 5.41) is 14.6. The summed E-state index contributed by atoms with van der Waals surface area (Å²) in [7, 11) is 0. The fourth-order valence-corrected chi connectivity index (χ4v) is 3.20. The molecule has 0 bridgehead atoms. The van der Waals surface area contributed by atoms with Crippen molar-refractivity contribution in [3.05, 3.63) is 28.3 Å². The number of nitrogens with one attached hydrogen (secondary N) is 2. The molecule has 0 spiro atoms. The van der Waals surface area contributed by atoms with Gasteiger partial charge in [-0.2, -0.15) is 0 Å². The standard InChI is InChI=1S/C14H22N4O2/c1-3-10-7-8-11(9(10)2)16-12-5-4-6-13(17-15)14(12)18(19)20/h4-6,9-11,16-17H,3,7-8,15H2,1-2H3. The lowest BCUT2D eigenvalue weighted by molar-refractivity contribution is -0.383. The van der Waals surface area contributed by atoms with E-state index in [0.717, 1.165) is 12.8 Å². The van der Waals surface area contributed by atoms with Crippen LogP contribution in [0, 0.1) is 22.0 Å². The van der Waals surface area contributed by atoms with Gasteiger partial charge in [0.2, 0.25) is 0 Å². The first-order valence-corrected chi connectivity index (χ1v) is 7.09. The van der Waals surface area contributed by atoms with E-state index in [1.807, 2.05) is 0 Å². The van der Waals surface area contributed by atoms with E-state index >= 15 is 0 Å². The molecule has 1 saturated carbocycles. The third kappa shape index (κ3) is 2.70. The van der Waals surface area contributed by atoms with Crippen LogP contribution in [0.3, 0.4) is 0 Å². The number of nitro benzene ring substituents is 1. The summed E-state index contributed by atoms with van der Waals surface area (Å²) in [5.74, 6) is 6.57. The smallest absolute Gasteiger partial charge is 0.316 e. The Hall–Kier alpha value is -1.82. The van der Waals surface area contributed by atoms with Crippen LogP contribution in [0.5, 0.6) is 0 Å². The Kier molecular flexibility index (Phi) is 4.44. The molecule has 0 aromatic heterocycles. The van der Waals surface area contributed by atoms with Gasteiger partial charge in [0.05, 0.1) is 4.92 Å². The van der Waals surface area contributed by atoms with E-state index in [2.05, 4.69) is 24.6 Å². The van der Waals surface area contributed by atoms with Gasteiger partial charge in [0, 0.05) is 6.04 Å². The molecule has 3 atom stereocenters. The molecule has 0 heterocycles. The average molecular weight is 278 g/mol. The number of para-hydroxylation sites is 1. The van der Waals surface area contributed by atoms with Crippen molar-refractivity contribution in [2.45, 2.75) is 39.2 Å². The minimum absolute atomic E-state index is 0.0159. The number of hydrazine groups is 1. The number of anilines is 2. The zero-order valence-corrected chi connectivity index (χ0v) is 11.9. The highest BCUT2D eigenvalue weighted by Crippen LogP contribution is 2.39. The molecule has 0 aliphatic heterocycles. The highest BCUT2D eigenvalue weighted by molar-refractivity contribution is 5.76. The summed E-state index contributed by atoms with van der Waals surface area (Å²) in [5.41, 5.74) is 3.28. The summed E-state index contributed by atoms with van der Waals surface area (Å²) in [4.78, 5) is 10.9. The van der Waals surface area contributed by atoms with Crippen molar-refractivity contribution in [3.8, 4) is 0 Å². The van der Waals surface area contributed by atoms with Gasteiger partial charge in [0.25, 0.3) is 0 Å². The fraction of sp³-hybridized carbons (Fsp3) is 0.571. The Bertz CT molecular complexity index is 492. The predicted molar refractivity (Wildman–Crippen MR) is 80.5 cm³/mol. The molecule has 0 amide bonds. The molecule has 2 rings (SSSR count). The van der Waals surface area contributed by atoms with Gasteiger partial charge >= 0.3 is 5.69 Å². The van der Waals surface area contributed by atoms with Crippen LogP contribution in [0.15, 0.2) is 18.2 Å². The maximum Gasteiger partial charge on any atom is 0.316 e. The predicted octanol–water partition coefficient (Wildman–Crippen LogP) is 3.12. The molecule has 1 aromatic carbocycles. The molecule has 6 nitrogen and oxygen atoms in total. The van der Waals surface area contributed by atoms with Gasteiger partial charge in [-0.15, -0.1) is 0 Å². The molecule has 3 unspecified atom stereocenters. The van der Waals surface area contributed by atoms with Gasteiger partial charge in [0.1, 0.15) is 11.4 Å². The van der Waals surface area contributed by atoms with E-state index in [1.54, 1.807) is 18.2 Å². The number of rotatable bonds is 5. The zero-order chi connectivity index (χ0) is 14.7. The van der Waals surface area contributed by atoms with Gasteiger partial charge in [-0.3, -0.25) is 16.0 Å². The van der Waals surface area contributed by atoms with Gasteiger partial charge in [-0.1, -0.05) is 26.3 Å². The van der Waals surface area contributed by atoms with E-state index < -0.39 is 4.92 Å². The molecular formula is C14H22N4O2. The summed E-state index contributed by atoms with van der Waals surface area (Å²) < 4.78 is 0. The molecule has 1 aliphatic rings. The third-order valence-corrected chi connectivity index (χ3v) is 4.47. The highest BCUT2D eigenvalue weighted by atomic mass is 16.6. The molecule has 20 heavy (non-hydrogen) atoms. The van der Waals surface area contributed by atoms with E-state index in [0.29, 0.717) is 23.2 Å². The van der Waals surface area contributed by atoms with Crippen LogP contribution in [-0.2, 0) is 0 Å². The maximum absolute atomic E-state index is 11.2. The second-order valence-electron chi connectivity index (χ2n) is 5.46. The Morgan fingerprint density at radius 3 is 2.65 bits per heavy atom. The van der Waals surface area contributed by atoms with Gasteiger partial charge in [0.15, 0.2) is 0 Å². The van der Waals surface area contributed by atoms with Crippen molar-refractivity contribution in [2.24, 2.45) is 17.7 Å². The van der Waals surface area contributed by atoms with Gasteiger partial charge in [-0.25, -0.2) is 0 Å². The largest absolute Gasteiger partial charge is 0.376 e. The van der Waals surface area contributed by atoms with E-state index in [4.69, 9.17) is 5.84 Å². The van der Waals surface area contributed by atoms with Crippen LogP contribution in [0.1, 0.15) is 33.1 Å². The van der Waals surface area contributed by atoms with Crippen molar-refractivity contribution in [3.63, 3.8) is 0 Å². The quantitative estimate of drug-likeness (QED) is 0.437. The van der Waals surface area contributed by atoms with Crippen LogP contribution in [-0.4, -0.2) is 11.0 Å². The van der Waals surface area contributed by atoms with Crippen LogP contribution in [0.4, 0.5) is 17.1 Å². The van der Waals surface area contributed by atoms with Crippen LogP contribution < -0.4 is 16.6 Å². The highest BCUT2D eigenvalue weighted by Gasteiger charge is 2.33. The first-order valence-electron chi connectivity index (χ1n) is 7.09. The number of nitrogens with two attached hydrogens (primary N) is 1. The van der Waals surface area contributed by atoms with Gasteiger partial charge < -0.3 is 10.7 Å². The topological polar surface area (TPSA) is 93.2 Å². The molecule has 0 radical (unpaired) electrons. The zero-order valence-electron chi connectivity index (χ0n) is 11.9. The van der Waals surface area contributed by atoms with Crippen molar-refractivity contribution in [1.29, 1.82) is 0 Å². The summed E-state index contributed by atoms with van der Waals surface area (Å²) in [6.07, 6.45) is 3.39. The Balaban J connectivity index is 2.24. The van der Waals surface area contributed by atoms with E-state index in [9.17, 15) is 10.1 Å². The van der Waals surface area contributed by atoms with Crippen molar-refractivity contribution < 1.29 is 4.92 Å². The van der Waals surface area contributed by atoms with Crippen molar-refractivity contribution >= 4 is 17.1 Å². The van der Waals surface area contributed by atoms with Crippen LogP contribution >= 0.6 is 0 Å². The maximum atomic E-state index is 11.2. The lowest BCUT2D eigenvalue weighted by Gasteiger charge is -2.22. The molecule has 6 heteroatoms. The Morgan fingerprint density at radius 1 is 1.40 bits per heavy atom. The number of benzene rings is 1. The Morgan fingerprint density at radius 2 is 2.10 bits per heavy atom. The van der Waals surface area contributed by atoms with Gasteiger partial charge in [-0.05, 0) is 36.8 Å². The second kappa shape index (κ2) is 6.09. The SMILES string of the molecule is CCC1CCC(Nc2cccc(NN)c2[N+](=O)[O-])C1C. The number of nitrogens with zero attached hydrogens (tertiary/aromatic N) is 1. The second-order valence-corrected chi connectivity index (χ2v) is 5.46. The molecule has 110 valence electrons. The lowest BCUT2D eigenvalue weighted by Crippen LogP contribution is -2.25. The molecule has 1 aromatic rings. The first kappa shape index (κ1) is 14.6. The Labute approximate surface area is 118 Å². The fourth-order valence-electron chi connectivity index (χ4n) is 3.20. The van der Waals surface area contributed by atoms with Crippen molar-refractivity contribution in [1.82, 2.24) is 0 Å². The number of nitro groups is 1. The van der Waals surface area contributed by atoms with Crippen molar-refractivity contribution in [2.75, 3.05) is 10.7 Å². The normalized spacial score (nSPS) is 25.4. The number of hydrogen-bond donors (Lipinski definition) is 3. The number of hydrogen-bond acceptors (Lipinski definition) is 5. The minimum Gasteiger partial charge on any atom is -0.376 e. The number of nitrogen functional groups attached to an aromatic ring is 1. The lowest BCUT2D eigenvalue weighted by atomic mass is 9.93. The monoisotopic (exact) mass is 278 g/mol. The molecular weight excluding hydrogens is 256 g/mol. The van der Waals surface area contributed by atoms with Crippen LogP contribution in [0.25, 0.3) is 0 Å². The first-order chi connectivity index (χ1) is 9.58. The van der Waals surface area contributed by atoms with E-state index in [-0.39, 0.29) is 11.7 Å². The van der Waals surface area contributed by atoms with E-state index in [1.165, 1.54) is 6.42 Å². The minimum atomic E-state index is -0.394. The summed E-state index contributed by atoms with van der Waals surface area (Å²) >= 11 is 0. The van der Waals surface area contributed by atoms with Crippen LogP contribution in [0.2, 0.25) is 0 Å². The molecule has 0 saturated heterocycles. The summed E-state index contributed by atoms with van der Waals surface area (Å²) in [6.45, 7) is 4.42. The average Bonchev–Trinajstić information content (AvgIpc) is 2.79. The molecule has 4 N–H and O–H groups in total. The molecule has 1 fully saturated rings. The molecule has 1 aliphatic carbocycles. The third-order valence-electron chi connectivity index (χ3n) is 4.47.